The number of anilines is 1. The smallest absolute Gasteiger partial charge is 0.288 e. The number of amides is 1. The second-order valence-corrected chi connectivity index (χ2v) is 3.91. The zero-order chi connectivity index (χ0) is 14.5. The third-order valence-corrected chi connectivity index (χ3v) is 2.54. The van der Waals surface area contributed by atoms with E-state index in [9.17, 15) is 14.9 Å². The van der Waals surface area contributed by atoms with Crippen LogP contribution in [0.1, 0.15) is 10.4 Å². The lowest BCUT2D eigenvalue weighted by Crippen LogP contribution is -2.18. The van der Waals surface area contributed by atoms with Crippen LogP contribution < -0.4 is 11.1 Å². The van der Waals surface area contributed by atoms with E-state index in [1.165, 1.54) is 0 Å². The van der Waals surface area contributed by atoms with Crippen LogP contribution in [-0.2, 0) is 6.54 Å². The fraction of sp³-hybridized carbons (Fsp3) is 0.182. The van der Waals surface area contributed by atoms with Gasteiger partial charge >= 0.3 is 0 Å². The van der Waals surface area contributed by atoms with Gasteiger partial charge in [-0.15, -0.1) is 0 Å². The molecular formula is C11H12N6O3. The number of nitrogens with zero attached hydrogens (tertiary/aromatic N) is 4. The third kappa shape index (κ3) is 3.07. The number of hydrogen-bond donors (Lipinski definition) is 2. The van der Waals surface area contributed by atoms with Crippen molar-refractivity contribution in [1.29, 1.82) is 0 Å². The molecule has 1 amide bonds. The molecule has 0 radical (unpaired) electrons. The molecule has 104 valence electrons. The first-order valence-corrected chi connectivity index (χ1v) is 5.73. The Balaban J connectivity index is 2.10. The Morgan fingerprint density at radius 1 is 1.55 bits per heavy atom. The summed E-state index contributed by atoms with van der Waals surface area (Å²) in [5.74, 6) is -0.557. The van der Waals surface area contributed by atoms with Gasteiger partial charge in [0.25, 0.3) is 11.6 Å². The standard InChI is InChI=1S/C11H12N6O3/c12-10(18)9-6-8(17(19)20)7-14-11(9)13-3-5-16-4-1-2-15-16/h1-2,4,6-7H,3,5H2,(H2,12,18)(H,13,14). The zero-order valence-electron chi connectivity index (χ0n) is 10.4. The van der Waals surface area contributed by atoms with Gasteiger partial charge in [-0.3, -0.25) is 19.6 Å². The first-order valence-electron chi connectivity index (χ1n) is 5.73. The Labute approximate surface area is 113 Å². The van der Waals surface area contributed by atoms with Gasteiger partial charge in [0.1, 0.15) is 12.0 Å². The Hall–Kier alpha value is -2.97. The summed E-state index contributed by atoms with van der Waals surface area (Å²) in [6, 6.07) is 2.89. The third-order valence-electron chi connectivity index (χ3n) is 2.54. The Bertz CT molecular complexity index is 625. The summed E-state index contributed by atoms with van der Waals surface area (Å²) in [7, 11) is 0. The predicted octanol–water partition coefficient (Wildman–Crippen LogP) is 0.397. The molecule has 0 aliphatic rings. The number of pyridine rings is 1. The SMILES string of the molecule is NC(=O)c1cc([N+](=O)[O-])cnc1NCCn1cccn1. The lowest BCUT2D eigenvalue weighted by atomic mass is 10.2. The molecule has 2 heterocycles. The summed E-state index contributed by atoms with van der Waals surface area (Å²) in [6.07, 6.45) is 4.52. The number of carbonyl (C=O) groups excluding carboxylic acids is 1. The molecular weight excluding hydrogens is 264 g/mol. The molecule has 20 heavy (non-hydrogen) atoms. The minimum absolute atomic E-state index is 0.0142. The highest BCUT2D eigenvalue weighted by molar-refractivity contribution is 5.98. The maximum atomic E-state index is 11.3. The van der Waals surface area contributed by atoms with Crippen molar-refractivity contribution in [2.24, 2.45) is 5.73 Å². The lowest BCUT2D eigenvalue weighted by molar-refractivity contribution is -0.385. The van der Waals surface area contributed by atoms with Crippen LogP contribution in [0.2, 0.25) is 0 Å². The van der Waals surface area contributed by atoms with Gasteiger partial charge in [0.15, 0.2) is 0 Å². The number of hydrogen-bond acceptors (Lipinski definition) is 6. The monoisotopic (exact) mass is 276 g/mol. The van der Waals surface area contributed by atoms with Gasteiger partial charge in [0.2, 0.25) is 0 Å². The van der Waals surface area contributed by atoms with Gasteiger partial charge in [-0.1, -0.05) is 0 Å². The van der Waals surface area contributed by atoms with E-state index in [1.807, 2.05) is 0 Å². The van der Waals surface area contributed by atoms with Gasteiger partial charge in [0, 0.05) is 25.0 Å². The van der Waals surface area contributed by atoms with Crippen molar-refractivity contribution in [2.45, 2.75) is 6.54 Å². The minimum Gasteiger partial charge on any atom is -0.368 e. The van der Waals surface area contributed by atoms with E-state index >= 15 is 0 Å². The number of nitro groups is 1. The predicted molar refractivity (Wildman–Crippen MR) is 70.1 cm³/mol. The highest BCUT2D eigenvalue weighted by Gasteiger charge is 2.15. The molecule has 0 aliphatic heterocycles. The molecule has 0 unspecified atom stereocenters. The summed E-state index contributed by atoms with van der Waals surface area (Å²) in [4.78, 5) is 25.2. The Morgan fingerprint density at radius 3 is 2.95 bits per heavy atom. The first-order chi connectivity index (χ1) is 9.58. The fourth-order valence-corrected chi connectivity index (χ4v) is 1.60. The molecule has 0 bridgehead atoms. The van der Waals surface area contributed by atoms with Crippen LogP contribution in [0.15, 0.2) is 30.7 Å². The molecule has 9 heteroatoms. The molecule has 0 aliphatic carbocycles. The largest absolute Gasteiger partial charge is 0.368 e. The fourth-order valence-electron chi connectivity index (χ4n) is 1.60. The Kier molecular flexibility index (Phi) is 3.89. The second-order valence-electron chi connectivity index (χ2n) is 3.91. The number of rotatable bonds is 6. The first kappa shape index (κ1) is 13.5. The number of nitrogens with one attached hydrogen (secondary N) is 1. The molecule has 0 fully saturated rings. The lowest BCUT2D eigenvalue weighted by Gasteiger charge is -2.08. The van der Waals surface area contributed by atoms with Crippen molar-refractivity contribution in [3.8, 4) is 0 Å². The topological polar surface area (TPSA) is 129 Å². The summed E-state index contributed by atoms with van der Waals surface area (Å²) in [5, 5.41) is 17.6. The molecule has 2 aromatic heterocycles. The maximum absolute atomic E-state index is 11.3. The average Bonchev–Trinajstić information content (AvgIpc) is 2.91. The zero-order valence-corrected chi connectivity index (χ0v) is 10.4. The molecule has 0 aromatic carbocycles. The van der Waals surface area contributed by atoms with Gasteiger partial charge in [0.05, 0.1) is 17.0 Å². The number of nitrogens with two attached hydrogens (primary N) is 1. The van der Waals surface area contributed by atoms with Crippen molar-refractivity contribution in [2.75, 3.05) is 11.9 Å². The van der Waals surface area contributed by atoms with E-state index in [4.69, 9.17) is 5.73 Å². The van der Waals surface area contributed by atoms with Crippen molar-refractivity contribution < 1.29 is 9.72 Å². The molecule has 3 N–H and O–H groups in total. The summed E-state index contributed by atoms with van der Waals surface area (Å²) in [6.45, 7) is 1.01. The normalized spacial score (nSPS) is 10.2. The molecule has 2 rings (SSSR count). The quantitative estimate of drug-likeness (QED) is 0.580. The number of aromatic nitrogens is 3. The van der Waals surface area contributed by atoms with Crippen LogP contribution in [0.3, 0.4) is 0 Å². The van der Waals surface area contributed by atoms with Crippen molar-refractivity contribution >= 4 is 17.4 Å². The van der Waals surface area contributed by atoms with Gasteiger partial charge in [-0.05, 0) is 6.07 Å². The Morgan fingerprint density at radius 2 is 2.35 bits per heavy atom. The molecule has 0 atom stereocenters. The summed E-state index contributed by atoms with van der Waals surface area (Å²) in [5.41, 5.74) is 4.90. The van der Waals surface area contributed by atoms with Gasteiger partial charge in [-0.2, -0.15) is 5.10 Å². The highest BCUT2D eigenvalue weighted by atomic mass is 16.6. The van der Waals surface area contributed by atoms with E-state index in [1.54, 1.807) is 23.1 Å². The van der Waals surface area contributed by atoms with E-state index in [0.29, 0.717) is 13.1 Å². The van der Waals surface area contributed by atoms with E-state index < -0.39 is 10.8 Å². The van der Waals surface area contributed by atoms with Crippen LogP contribution in [0.5, 0.6) is 0 Å². The number of primary amides is 1. The van der Waals surface area contributed by atoms with Crippen LogP contribution in [0.4, 0.5) is 11.5 Å². The van der Waals surface area contributed by atoms with Crippen molar-refractivity contribution in [3.63, 3.8) is 0 Å². The molecule has 2 aromatic rings. The molecule has 9 nitrogen and oxygen atoms in total. The second kappa shape index (κ2) is 5.78. The van der Waals surface area contributed by atoms with Gasteiger partial charge < -0.3 is 11.1 Å². The maximum Gasteiger partial charge on any atom is 0.288 e. The average molecular weight is 276 g/mol. The van der Waals surface area contributed by atoms with Crippen molar-refractivity contribution in [3.05, 3.63) is 46.4 Å². The summed E-state index contributed by atoms with van der Waals surface area (Å²) >= 11 is 0. The van der Waals surface area contributed by atoms with Crippen molar-refractivity contribution in [1.82, 2.24) is 14.8 Å². The van der Waals surface area contributed by atoms with Crippen LogP contribution in [0, 0.1) is 10.1 Å². The van der Waals surface area contributed by atoms with E-state index in [-0.39, 0.29) is 17.1 Å². The van der Waals surface area contributed by atoms with E-state index in [0.717, 1.165) is 12.3 Å². The van der Waals surface area contributed by atoms with E-state index in [2.05, 4.69) is 15.4 Å². The van der Waals surface area contributed by atoms with Crippen LogP contribution >= 0.6 is 0 Å². The van der Waals surface area contributed by atoms with Gasteiger partial charge in [-0.25, -0.2) is 4.98 Å². The van der Waals surface area contributed by atoms with Crippen LogP contribution in [-0.4, -0.2) is 32.1 Å². The summed E-state index contributed by atoms with van der Waals surface area (Å²) < 4.78 is 1.70. The highest BCUT2D eigenvalue weighted by Crippen LogP contribution is 2.18. The minimum atomic E-state index is -0.775. The van der Waals surface area contributed by atoms with Crippen LogP contribution in [0.25, 0.3) is 0 Å². The number of carbonyl (C=O) groups is 1. The molecule has 0 spiro atoms. The molecule has 0 saturated carbocycles. The molecule has 0 saturated heterocycles.